The molecular weight excluding hydrogens is 390 g/mol. The van der Waals surface area contributed by atoms with Crippen LogP contribution in [0.2, 0.25) is 0 Å². The Morgan fingerprint density at radius 2 is 1.90 bits per heavy atom. The van der Waals surface area contributed by atoms with Gasteiger partial charge in [-0.15, -0.1) is 0 Å². The molecule has 1 aliphatic heterocycles. The number of rotatable bonds is 6. The number of piperazine rings is 1. The highest BCUT2D eigenvalue weighted by atomic mass is 32.2. The molecule has 1 aromatic heterocycles. The van der Waals surface area contributed by atoms with Crippen molar-refractivity contribution < 1.29 is 17.6 Å². The molecule has 8 heteroatoms. The van der Waals surface area contributed by atoms with E-state index in [1.54, 1.807) is 18.4 Å². The number of amides is 1. The van der Waals surface area contributed by atoms with E-state index in [0.29, 0.717) is 36.8 Å². The van der Waals surface area contributed by atoms with Crippen molar-refractivity contribution in [2.75, 3.05) is 32.7 Å². The lowest BCUT2D eigenvalue weighted by atomic mass is 10.1. The predicted octanol–water partition coefficient (Wildman–Crippen LogP) is 1.95. The first-order valence-corrected chi connectivity index (χ1v) is 11.5. The number of carbonyl (C=O) groups is 1. The number of fused-ring (bicyclic) bond motifs is 1. The average molecular weight is 418 g/mol. The van der Waals surface area contributed by atoms with Gasteiger partial charge in [-0.1, -0.05) is 6.07 Å². The standard InChI is InChI=1S/C21H27N3O4S/c1-16(20-6-3-13-28-20)22-21(25)15-23-9-11-24(12-10-23)29(26,27)19-8-7-17-4-2-5-18(17)14-19/h3,6-8,13-14,16H,2,4-5,9-12,15H2,1H3,(H,22,25)/t16-/m1/s1. The number of benzene rings is 1. The summed E-state index contributed by atoms with van der Waals surface area (Å²) in [5, 5.41) is 2.91. The van der Waals surface area contributed by atoms with Crippen LogP contribution in [-0.4, -0.2) is 56.3 Å². The second kappa shape index (κ2) is 8.30. The smallest absolute Gasteiger partial charge is 0.243 e. The zero-order valence-electron chi connectivity index (χ0n) is 16.6. The first-order chi connectivity index (χ1) is 13.9. The number of carbonyl (C=O) groups excluding carboxylic acids is 1. The van der Waals surface area contributed by atoms with E-state index in [1.165, 1.54) is 9.87 Å². The number of aryl methyl sites for hydroxylation is 2. The number of hydrogen-bond donors (Lipinski definition) is 1. The molecule has 2 aromatic rings. The molecule has 1 fully saturated rings. The summed E-state index contributed by atoms with van der Waals surface area (Å²) in [4.78, 5) is 14.7. The van der Waals surface area contributed by atoms with Crippen LogP contribution >= 0.6 is 0 Å². The van der Waals surface area contributed by atoms with Gasteiger partial charge in [0.05, 0.1) is 23.7 Å². The Morgan fingerprint density at radius 3 is 2.62 bits per heavy atom. The Hall–Kier alpha value is -2.16. The third-order valence-electron chi connectivity index (χ3n) is 5.75. The van der Waals surface area contributed by atoms with Crippen molar-refractivity contribution in [2.45, 2.75) is 37.1 Å². The van der Waals surface area contributed by atoms with Gasteiger partial charge in [0.15, 0.2) is 0 Å². The van der Waals surface area contributed by atoms with Crippen LogP contribution in [0.5, 0.6) is 0 Å². The quantitative estimate of drug-likeness (QED) is 0.777. The number of nitrogens with one attached hydrogen (secondary N) is 1. The predicted molar refractivity (Wildman–Crippen MR) is 109 cm³/mol. The van der Waals surface area contributed by atoms with Gasteiger partial charge in [0.2, 0.25) is 15.9 Å². The van der Waals surface area contributed by atoms with Crippen molar-refractivity contribution in [1.29, 1.82) is 0 Å². The lowest BCUT2D eigenvalue weighted by Crippen LogP contribution is -2.51. The zero-order valence-corrected chi connectivity index (χ0v) is 17.5. The monoisotopic (exact) mass is 417 g/mol. The van der Waals surface area contributed by atoms with Gasteiger partial charge in [-0.3, -0.25) is 9.69 Å². The molecule has 1 saturated heterocycles. The van der Waals surface area contributed by atoms with E-state index in [1.807, 2.05) is 30.0 Å². The van der Waals surface area contributed by atoms with Crippen molar-refractivity contribution in [2.24, 2.45) is 0 Å². The summed E-state index contributed by atoms with van der Waals surface area (Å²) < 4.78 is 32.9. The molecule has 2 aliphatic rings. The van der Waals surface area contributed by atoms with Crippen LogP contribution < -0.4 is 5.32 Å². The molecule has 0 saturated carbocycles. The summed E-state index contributed by atoms with van der Waals surface area (Å²) in [6.07, 6.45) is 4.67. The van der Waals surface area contributed by atoms with Crippen LogP contribution in [-0.2, 0) is 27.7 Å². The molecule has 1 amide bonds. The van der Waals surface area contributed by atoms with Crippen molar-refractivity contribution >= 4 is 15.9 Å². The summed E-state index contributed by atoms with van der Waals surface area (Å²) >= 11 is 0. The fourth-order valence-electron chi connectivity index (χ4n) is 4.08. The van der Waals surface area contributed by atoms with Gasteiger partial charge >= 0.3 is 0 Å². The van der Waals surface area contributed by atoms with Crippen molar-refractivity contribution in [1.82, 2.24) is 14.5 Å². The summed E-state index contributed by atoms with van der Waals surface area (Å²) in [7, 11) is -3.49. The van der Waals surface area contributed by atoms with E-state index in [0.717, 1.165) is 24.8 Å². The minimum Gasteiger partial charge on any atom is -0.467 e. The van der Waals surface area contributed by atoms with E-state index in [9.17, 15) is 13.2 Å². The van der Waals surface area contributed by atoms with Gasteiger partial charge < -0.3 is 9.73 Å². The summed E-state index contributed by atoms with van der Waals surface area (Å²) in [5.74, 6) is 0.618. The van der Waals surface area contributed by atoms with E-state index in [4.69, 9.17) is 4.42 Å². The second-order valence-electron chi connectivity index (χ2n) is 7.77. The van der Waals surface area contributed by atoms with Crippen molar-refractivity contribution in [3.05, 3.63) is 53.5 Å². The summed E-state index contributed by atoms with van der Waals surface area (Å²) in [5.41, 5.74) is 2.43. The zero-order chi connectivity index (χ0) is 20.4. The molecule has 1 aromatic carbocycles. The van der Waals surface area contributed by atoms with Crippen LogP contribution in [0, 0.1) is 0 Å². The SMILES string of the molecule is C[C@@H](NC(=O)CN1CCN(S(=O)(=O)c2ccc3c(c2)CCC3)CC1)c1ccco1. The average Bonchev–Trinajstić information content (AvgIpc) is 3.39. The van der Waals surface area contributed by atoms with Crippen LogP contribution in [0.1, 0.15) is 36.3 Å². The molecule has 1 N–H and O–H groups in total. The lowest BCUT2D eigenvalue weighted by Gasteiger charge is -2.33. The highest BCUT2D eigenvalue weighted by Crippen LogP contribution is 2.26. The van der Waals surface area contributed by atoms with Gasteiger partial charge in [0, 0.05) is 26.2 Å². The molecule has 156 valence electrons. The van der Waals surface area contributed by atoms with Crippen molar-refractivity contribution in [3.8, 4) is 0 Å². The molecule has 4 rings (SSSR count). The van der Waals surface area contributed by atoms with E-state index in [2.05, 4.69) is 5.32 Å². The summed E-state index contributed by atoms with van der Waals surface area (Å²) in [6.45, 7) is 3.97. The largest absolute Gasteiger partial charge is 0.467 e. The molecule has 2 heterocycles. The first kappa shape index (κ1) is 20.1. The highest BCUT2D eigenvalue weighted by Gasteiger charge is 2.30. The molecule has 0 bridgehead atoms. The minimum absolute atomic E-state index is 0.0937. The van der Waals surface area contributed by atoms with Gasteiger partial charge in [-0.25, -0.2) is 8.42 Å². The van der Waals surface area contributed by atoms with Crippen LogP contribution in [0.15, 0.2) is 45.9 Å². The van der Waals surface area contributed by atoms with E-state index in [-0.39, 0.29) is 18.5 Å². The third-order valence-corrected chi connectivity index (χ3v) is 7.65. The van der Waals surface area contributed by atoms with E-state index < -0.39 is 10.0 Å². The maximum Gasteiger partial charge on any atom is 0.243 e. The minimum atomic E-state index is -3.49. The lowest BCUT2D eigenvalue weighted by molar-refractivity contribution is -0.123. The molecule has 0 radical (unpaired) electrons. The van der Waals surface area contributed by atoms with E-state index >= 15 is 0 Å². The summed E-state index contributed by atoms with van der Waals surface area (Å²) in [6, 6.07) is 8.95. The maximum atomic E-state index is 13.0. The number of hydrogen-bond acceptors (Lipinski definition) is 5. The highest BCUT2D eigenvalue weighted by molar-refractivity contribution is 7.89. The maximum absolute atomic E-state index is 13.0. The van der Waals surface area contributed by atoms with Gasteiger partial charge in [0.25, 0.3) is 0 Å². The second-order valence-corrected chi connectivity index (χ2v) is 9.71. The van der Waals surface area contributed by atoms with Gasteiger partial charge in [-0.2, -0.15) is 4.31 Å². The molecule has 29 heavy (non-hydrogen) atoms. The number of furan rings is 1. The first-order valence-electron chi connectivity index (χ1n) is 10.1. The molecule has 1 aliphatic carbocycles. The van der Waals surface area contributed by atoms with Crippen molar-refractivity contribution in [3.63, 3.8) is 0 Å². The van der Waals surface area contributed by atoms with Crippen LogP contribution in [0.25, 0.3) is 0 Å². The third kappa shape index (κ3) is 4.39. The fourth-order valence-corrected chi connectivity index (χ4v) is 5.56. The molecule has 7 nitrogen and oxygen atoms in total. The topological polar surface area (TPSA) is 82.9 Å². The molecule has 0 spiro atoms. The fraction of sp³-hybridized carbons (Fsp3) is 0.476. The van der Waals surface area contributed by atoms with Gasteiger partial charge in [0.1, 0.15) is 5.76 Å². The normalized spacial score (nSPS) is 19.1. The van der Waals surface area contributed by atoms with Crippen LogP contribution in [0.4, 0.5) is 0 Å². The molecule has 1 atom stereocenters. The Bertz CT molecular complexity index is 964. The Kier molecular flexibility index (Phi) is 5.76. The van der Waals surface area contributed by atoms with Crippen LogP contribution in [0.3, 0.4) is 0 Å². The molecular formula is C21H27N3O4S. The van der Waals surface area contributed by atoms with Gasteiger partial charge in [-0.05, 0) is 61.6 Å². The number of sulfonamides is 1. The Labute approximate surface area is 171 Å². The Morgan fingerprint density at radius 1 is 1.14 bits per heavy atom. The number of nitrogens with zero attached hydrogens (tertiary/aromatic N) is 2. The Balaban J connectivity index is 1.31. The molecule has 0 unspecified atom stereocenters.